The number of Topliss-reactive ketones (excluding diaryl/α,β-unsaturated/α-hetero) is 1. The summed E-state index contributed by atoms with van der Waals surface area (Å²) < 4.78 is 0. The number of para-hydroxylation sites is 1. The molecule has 1 saturated heterocycles. The van der Waals surface area contributed by atoms with Crippen LogP contribution in [0, 0.1) is 0 Å². The number of unbranched alkanes of at least 4 members (excludes halogenated alkanes) is 1. The molecule has 1 fully saturated rings. The van der Waals surface area contributed by atoms with E-state index in [9.17, 15) is 4.79 Å². The average molecular weight is 418 g/mol. The van der Waals surface area contributed by atoms with Crippen molar-refractivity contribution in [3.63, 3.8) is 0 Å². The maximum atomic E-state index is 11.6. The minimum absolute atomic E-state index is 0.277. The van der Waals surface area contributed by atoms with Crippen LogP contribution in [0.1, 0.15) is 32.1 Å². The first-order valence-electron chi connectivity index (χ1n) is 11.5. The highest BCUT2D eigenvalue weighted by atomic mass is 16.1. The van der Waals surface area contributed by atoms with Crippen LogP contribution in [0.5, 0.6) is 0 Å². The Labute approximate surface area is 184 Å². The van der Waals surface area contributed by atoms with Crippen molar-refractivity contribution < 1.29 is 4.79 Å². The molecule has 5 rings (SSSR count). The highest BCUT2D eigenvalue weighted by Crippen LogP contribution is 2.23. The van der Waals surface area contributed by atoms with Gasteiger partial charge < -0.3 is 15.5 Å². The number of pyridine rings is 1. The number of rotatable bonds is 6. The van der Waals surface area contributed by atoms with E-state index in [1.807, 2.05) is 12.3 Å². The predicted molar refractivity (Wildman–Crippen MR) is 125 cm³/mol. The molecular formula is C25H31N5O. The normalized spacial score (nSPS) is 21.7. The Morgan fingerprint density at radius 2 is 1.90 bits per heavy atom. The fraction of sp³-hybridized carbons (Fsp3) is 0.440. The van der Waals surface area contributed by atoms with Crippen LogP contribution in [0.25, 0.3) is 10.9 Å². The molecule has 6 heteroatoms. The van der Waals surface area contributed by atoms with Gasteiger partial charge in [-0.3, -0.25) is 9.69 Å². The van der Waals surface area contributed by atoms with Gasteiger partial charge in [0.2, 0.25) is 0 Å². The Morgan fingerprint density at radius 1 is 1.03 bits per heavy atom. The topological polar surface area (TPSA) is 60.5 Å². The van der Waals surface area contributed by atoms with Crippen LogP contribution >= 0.6 is 0 Å². The smallest absolute Gasteiger partial charge is 0.141 e. The summed E-state index contributed by atoms with van der Waals surface area (Å²) >= 11 is 0. The number of hydrogen-bond acceptors (Lipinski definition) is 6. The quantitative estimate of drug-likeness (QED) is 0.704. The van der Waals surface area contributed by atoms with E-state index in [2.05, 4.69) is 56.8 Å². The number of benzene rings is 1. The molecule has 1 aromatic carbocycles. The van der Waals surface area contributed by atoms with E-state index in [1.54, 1.807) is 0 Å². The monoisotopic (exact) mass is 417 g/mol. The second kappa shape index (κ2) is 9.10. The number of piperazine rings is 1. The lowest BCUT2D eigenvalue weighted by atomic mass is 9.96. The maximum absolute atomic E-state index is 11.6. The van der Waals surface area contributed by atoms with Gasteiger partial charge >= 0.3 is 0 Å². The van der Waals surface area contributed by atoms with Crippen LogP contribution in [0.3, 0.4) is 0 Å². The number of anilines is 1. The first kappa shape index (κ1) is 20.1. The van der Waals surface area contributed by atoms with Crippen molar-refractivity contribution in [3.05, 3.63) is 59.9 Å². The average Bonchev–Trinajstić information content (AvgIpc) is 2.82. The standard InChI is InChI=1S/C25H31N5O/c31-21-9-10-23-20(17-21)18-26-24(27-23)7-3-4-12-29-13-15-30(16-14-29)25-11-8-19-5-1-2-6-22(19)28-25/h1-2,5-6,8,10-11,18,24,26-27H,3-4,7,9,12-17H2. The second-order valence-electron chi connectivity index (χ2n) is 8.76. The number of carbonyl (C=O) groups excluding carboxylic acids is 1. The molecule has 0 spiro atoms. The van der Waals surface area contributed by atoms with Crippen LogP contribution in [-0.2, 0) is 4.79 Å². The molecule has 6 nitrogen and oxygen atoms in total. The minimum Gasteiger partial charge on any atom is -0.371 e. The van der Waals surface area contributed by atoms with Crippen molar-refractivity contribution in [1.82, 2.24) is 20.5 Å². The van der Waals surface area contributed by atoms with Crippen molar-refractivity contribution in [2.45, 2.75) is 38.3 Å². The highest BCUT2D eigenvalue weighted by molar-refractivity contribution is 5.85. The molecule has 2 aliphatic heterocycles. The van der Waals surface area contributed by atoms with Gasteiger partial charge in [-0.2, -0.15) is 0 Å². The lowest BCUT2D eigenvalue weighted by Crippen LogP contribution is -2.47. The van der Waals surface area contributed by atoms with E-state index in [0.29, 0.717) is 18.6 Å². The molecule has 1 aliphatic carbocycles. The van der Waals surface area contributed by atoms with Crippen LogP contribution in [0.4, 0.5) is 5.82 Å². The molecule has 3 aliphatic rings. The van der Waals surface area contributed by atoms with Gasteiger partial charge in [0.25, 0.3) is 0 Å². The Balaban J connectivity index is 1.03. The van der Waals surface area contributed by atoms with Crippen molar-refractivity contribution in [2.24, 2.45) is 0 Å². The van der Waals surface area contributed by atoms with E-state index in [-0.39, 0.29) is 6.17 Å². The second-order valence-corrected chi connectivity index (χ2v) is 8.76. The molecule has 0 radical (unpaired) electrons. The Kier molecular flexibility index (Phi) is 5.89. The largest absolute Gasteiger partial charge is 0.371 e. The van der Waals surface area contributed by atoms with Gasteiger partial charge in [0.15, 0.2) is 0 Å². The third kappa shape index (κ3) is 4.74. The number of hydrogen-bond donors (Lipinski definition) is 2. The van der Waals surface area contributed by atoms with E-state index < -0.39 is 0 Å². The van der Waals surface area contributed by atoms with Crippen LogP contribution < -0.4 is 15.5 Å². The zero-order chi connectivity index (χ0) is 21.0. The van der Waals surface area contributed by atoms with Gasteiger partial charge in [0, 0.05) is 56.3 Å². The van der Waals surface area contributed by atoms with Gasteiger partial charge in [-0.25, -0.2) is 4.98 Å². The van der Waals surface area contributed by atoms with Gasteiger partial charge in [-0.1, -0.05) is 24.3 Å². The lowest BCUT2D eigenvalue weighted by Gasteiger charge is -2.35. The fourth-order valence-corrected chi connectivity index (χ4v) is 4.71. The summed E-state index contributed by atoms with van der Waals surface area (Å²) in [5, 5.41) is 8.17. The van der Waals surface area contributed by atoms with Crippen LogP contribution in [0.2, 0.25) is 0 Å². The number of carbonyl (C=O) groups is 1. The van der Waals surface area contributed by atoms with Gasteiger partial charge in [-0.05, 0) is 49.6 Å². The van der Waals surface area contributed by atoms with Crippen molar-refractivity contribution in [2.75, 3.05) is 37.6 Å². The Bertz CT molecular complexity index is 1010. The van der Waals surface area contributed by atoms with Crippen molar-refractivity contribution in [1.29, 1.82) is 0 Å². The summed E-state index contributed by atoms with van der Waals surface area (Å²) in [6, 6.07) is 12.6. The van der Waals surface area contributed by atoms with Crippen molar-refractivity contribution in [3.8, 4) is 0 Å². The van der Waals surface area contributed by atoms with Gasteiger partial charge in [-0.15, -0.1) is 0 Å². The summed E-state index contributed by atoms with van der Waals surface area (Å²) in [5.41, 5.74) is 3.33. The van der Waals surface area contributed by atoms with E-state index in [4.69, 9.17) is 4.98 Å². The lowest BCUT2D eigenvalue weighted by molar-refractivity contribution is -0.117. The molecule has 2 aromatic rings. The molecule has 1 aromatic heterocycles. The summed E-state index contributed by atoms with van der Waals surface area (Å²) in [6.07, 6.45) is 8.95. The summed E-state index contributed by atoms with van der Waals surface area (Å²) in [5.74, 6) is 1.40. The Hall–Kier alpha value is -2.86. The molecular weight excluding hydrogens is 386 g/mol. The third-order valence-corrected chi connectivity index (χ3v) is 6.55. The molecule has 0 amide bonds. The number of nitrogens with one attached hydrogen (secondary N) is 2. The number of fused-ring (bicyclic) bond motifs is 2. The number of allylic oxidation sites excluding steroid dienone is 2. The zero-order valence-corrected chi connectivity index (χ0v) is 18.0. The first-order chi connectivity index (χ1) is 15.2. The molecule has 1 atom stereocenters. The highest BCUT2D eigenvalue weighted by Gasteiger charge is 2.22. The predicted octanol–water partition coefficient (Wildman–Crippen LogP) is 3.18. The van der Waals surface area contributed by atoms with E-state index in [0.717, 1.165) is 61.7 Å². The van der Waals surface area contributed by atoms with Crippen LogP contribution in [-0.4, -0.2) is 54.6 Å². The SMILES string of the molecule is O=C1CC=C2NC(CCCCN3CCN(c4ccc5ccccc5n4)CC3)NC=C2C1. The van der Waals surface area contributed by atoms with E-state index in [1.165, 1.54) is 18.2 Å². The first-order valence-corrected chi connectivity index (χ1v) is 11.5. The van der Waals surface area contributed by atoms with Crippen molar-refractivity contribution >= 4 is 22.5 Å². The van der Waals surface area contributed by atoms with Crippen LogP contribution in [0.15, 0.2) is 59.9 Å². The van der Waals surface area contributed by atoms with Gasteiger partial charge in [0.05, 0.1) is 11.7 Å². The summed E-state index contributed by atoms with van der Waals surface area (Å²) in [6.45, 7) is 5.43. The minimum atomic E-state index is 0.277. The maximum Gasteiger partial charge on any atom is 0.141 e. The third-order valence-electron chi connectivity index (χ3n) is 6.55. The molecule has 2 N–H and O–H groups in total. The fourth-order valence-electron chi connectivity index (χ4n) is 4.71. The summed E-state index contributed by atoms with van der Waals surface area (Å²) in [7, 11) is 0. The molecule has 31 heavy (non-hydrogen) atoms. The molecule has 162 valence electrons. The Morgan fingerprint density at radius 3 is 2.81 bits per heavy atom. The summed E-state index contributed by atoms with van der Waals surface area (Å²) in [4.78, 5) is 21.4. The number of nitrogens with zero attached hydrogens (tertiary/aromatic N) is 3. The number of ketones is 1. The molecule has 1 unspecified atom stereocenters. The zero-order valence-electron chi connectivity index (χ0n) is 18.0. The van der Waals surface area contributed by atoms with Gasteiger partial charge in [0.1, 0.15) is 11.6 Å². The molecule has 0 bridgehead atoms. The van der Waals surface area contributed by atoms with E-state index >= 15 is 0 Å². The number of aromatic nitrogens is 1. The molecule has 0 saturated carbocycles. The molecule has 3 heterocycles.